The molecule has 2 aliphatic heterocycles. The van der Waals surface area contributed by atoms with E-state index in [0.717, 1.165) is 45.9 Å². The van der Waals surface area contributed by atoms with Gasteiger partial charge in [-0.2, -0.15) is 26.3 Å². The Morgan fingerprint density at radius 1 is 0.976 bits per heavy atom. The normalized spacial score (nSPS) is 18.5. The Hall–Kier alpha value is -4.74. The Kier molecular flexibility index (Phi) is 6.83. The second kappa shape index (κ2) is 9.97. The number of quaternary nitrogens is 1. The lowest BCUT2D eigenvalue weighted by Crippen LogP contribution is -2.51. The van der Waals surface area contributed by atoms with Gasteiger partial charge >= 0.3 is 18.3 Å². The maximum absolute atomic E-state index is 15.0. The van der Waals surface area contributed by atoms with Crippen molar-refractivity contribution in [3.8, 4) is 0 Å². The molecule has 0 radical (unpaired) electrons. The number of benzene rings is 2. The van der Waals surface area contributed by atoms with Gasteiger partial charge in [-0.05, 0) is 29.4 Å². The fourth-order valence-corrected chi connectivity index (χ4v) is 4.55. The van der Waals surface area contributed by atoms with Crippen LogP contribution in [0.4, 0.5) is 40.8 Å². The number of hydrogen-bond acceptors (Lipinski definition) is 7. The number of carbonyl (C=O) groups is 3. The first-order valence-electron chi connectivity index (χ1n) is 11.8. The third-order valence-corrected chi connectivity index (χ3v) is 6.38. The number of rotatable bonds is 4. The van der Waals surface area contributed by atoms with Crippen LogP contribution in [-0.2, 0) is 35.4 Å². The lowest BCUT2D eigenvalue weighted by Gasteiger charge is -2.31. The number of hydroxylamine groups is 1. The van der Waals surface area contributed by atoms with Crippen molar-refractivity contribution in [1.29, 1.82) is 0 Å². The van der Waals surface area contributed by atoms with Crippen molar-refractivity contribution in [1.82, 2.24) is 24.4 Å². The quantitative estimate of drug-likeness (QED) is 0.331. The number of nitrogens with zero attached hydrogens (tertiary/aromatic N) is 6. The molecule has 2 aliphatic rings. The molecule has 3 aromatic rings. The molecule has 1 atom stereocenters. The van der Waals surface area contributed by atoms with Gasteiger partial charge in [0.05, 0.1) is 17.7 Å². The first-order valence-corrected chi connectivity index (χ1v) is 11.8. The van der Waals surface area contributed by atoms with E-state index in [0.29, 0.717) is 6.21 Å². The number of amides is 1. The van der Waals surface area contributed by atoms with Gasteiger partial charge in [0.25, 0.3) is 11.6 Å². The molecule has 1 amide bonds. The molecule has 0 aliphatic carbocycles. The summed E-state index contributed by atoms with van der Waals surface area (Å²) < 4.78 is 108. The van der Waals surface area contributed by atoms with Crippen molar-refractivity contribution in [2.24, 2.45) is 5.10 Å². The van der Waals surface area contributed by atoms with Crippen molar-refractivity contribution in [3.63, 3.8) is 0 Å². The van der Waals surface area contributed by atoms with Gasteiger partial charge in [-0.3, -0.25) is 9.59 Å². The predicted octanol–water partition coefficient (Wildman–Crippen LogP) is 3.94. The molecule has 2 aromatic carbocycles. The van der Waals surface area contributed by atoms with E-state index in [1.54, 1.807) is 0 Å². The van der Waals surface area contributed by atoms with Gasteiger partial charge < -0.3 is 9.47 Å². The van der Waals surface area contributed by atoms with Crippen LogP contribution in [0.5, 0.6) is 0 Å². The molecule has 0 bridgehead atoms. The predicted molar refractivity (Wildman–Crippen MR) is 123 cm³/mol. The highest BCUT2D eigenvalue weighted by Crippen LogP contribution is 2.38. The molecule has 1 unspecified atom stereocenters. The van der Waals surface area contributed by atoms with E-state index in [9.17, 15) is 49.5 Å². The molecular formula is C24H15F8N6O4+. The van der Waals surface area contributed by atoms with Gasteiger partial charge in [0.2, 0.25) is 11.6 Å². The summed E-state index contributed by atoms with van der Waals surface area (Å²) >= 11 is 0. The number of halogens is 8. The Morgan fingerprint density at radius 2 is 1.71 bits per heavy atom. The van der Waals surface area contributed by atoms with Crippen LogP contribution in [0.25, 0.3) is 0 Å². The van der Waals surface area contributed by atoms with Crippen molar-refractivity contribution in [2.75, 3.05) is 6.54 Å². The Bertz CT molecular complexity index is 1650. The molecule has 42 heavy (non-hydrogen) atoms. The summed E-state index contributed by atoms with van der Waals surface area (Å²) in [6, 6.07) is 5.60. The number of Topliss-reactive ketones (excluding diaryl/α,β-unsaturated/α-hetero) is 1. The molecule has 5 rings (SSSR count). The Morgan fingerprint density at radius 3 is 2.40 bits per heavy atom. The number of alkyl halides is 6. The molecule has 0 fully saturated rings. The average Bonchev–Trinajstić information content (AvgIpc) is 3.35. The number of aromatic nitrogens is 3. The van der Waals surface area contributed by atoms with Crippen LogP contribution in [0.15, 0.2) is 41.5 Å². The molecule has 18 heteroatoms. The third kappa shape index (κ3) is 5.08. The van der Waals surface area contributed by atoms with Crippen LogP contribution in [0.2, 0.25) is 0 Å². The minimum atomic E-state index is -5.56. The van der Waals surface area contributed by atoms with Gasteiger partial charge in [-0.1, -0.05) is 12.1 Å². The lowest BCUT2D eigenvalue weighted by atomic mass is 10.0. The van der Waals surface area contributed by atoms with E-state index >= 15 is 0 Å². The molecule has 10 nitrogen and oxygen atoms in total. The zero-order valence-electron chi connectivity index (χ0n) is 20.7. The summed E-state index contributed by atoms with van der Waals surface area (Å²) in [7, 11) is 0. The Balaban J connectivity index is 1.50. The maximum atomic E-state index is 15.0. The first kappa shape index (κ1) is 28.8. The molecule has 3 heterocycles. The average molecular weight is 603 g/mol. The topological polar surface area (TPSA) is 107 Å². The van der Waals surface area contributed by atoms with Crippen LogP contribution in [0, 0.1) is 11.6 Å². The monoisotopic (exact) mass is 603 g/mol. The van der Waals surface area contributed by atoms with Gasteiger partial charge in [0.15, 0.2) is 18.2 Å². The molecule has 0 saturated carbocycles. The van der Waals surface area contributed by atoms with Gasteiger partial charge in [-0.15, -0.1) is 10.2 Å². The highest BCUT2D eigenvalue weighted by molar-refractivity contribution is 6.37. The number of carbonyl (C=O) groups excluding carboxylic acids is 3. The van der Waals surface area contributed by atoms with Crippen molar-refractivity contribution < 1.29 is 54.3 Å². The molecule has 0 saturated heterocycles. The summed E-state index contributed by atoms with van der Waals surface area (Å²) in [5.41, 5.74) is -2.14. The fraction of sp³-hybridized carbons (Fsp3) is 0.250. The third-order valence-electron chi connectivity index (χ3n) is 6.38. The van der Waals surface area contributed by atoms with Crippen LogP contribution in [-0.4, -0.2) is 56.3 Å². The lowest BCUT2D eigenvalue weighted by molar-refractivity contribution is -0.237. The van der Waals surface area contributed by atoms with Crippen LogP contribution in [0.1, 0.15) is 37.9 Å². The minimum absolute atomic E-state index is 0.185. The highest BCUT2D eigenvalue weighted by Gasteiger charge is 2.53. The van der Waals surface area contributed by atoms with E-state index in [2.05, 4.69) is 20.1 Å². The summed E-state index contributed by atoms with van der Waals surface area (Å²) in [5, 5.41) is 10.1. The zero-order valence-corrected chi connectivity index (χ0v) is 20.7. The van der Waals surface area contributed by atoms with Crippen LogP contribution >= 0.6 is 0 Å². The number of para-hydroxylation sites is 1. The largest absolute Gasteiger partial charge is 0.497 e. The van der Waals surface area contributed by atoms with Gasteiger partial charge in [0.1, 0.15) is 12.0 Å². The summed E-state index contributed by atoms with van der Waals surface area (Å²) in [6.45, 7) is -2.07. The maximum Gasteiger partial charge on any atom is 0.497 e. The van der Waals surface area contributed by atoms with E-state index in [4.69, 9.17) is 0 Å². The van der Waals surface area contributed by atoms with E-state index in [1.165, 1.54) is 0 Å². The molecule has 0 spiro atoms. The van der Waals surface area contributed by atoms with Gasteiger partial charge in [-0.25, -0.2) is 18.4 Å². The smallest absolute Gasteiger partial charge is 0.329 e. The molecule has 220 valence electrons. The van der Waals surface area contributed by atoms with E-state index in [-0.39, 0.29) is 24.5 Å². The summed E-state index contributed by atoms with van der Waals surface area (Å²) in [5.74, 6) is -8.54. The second-order valence-electron chi connectivity index (χ2n) is 9.11. The second-order valence-corrected chi connectivity index (χ2v) is 9.11. The number of fused-ring (bicyclic) bond motifs is 2. The van der Waals surface area contributed by atoms with Crippen LogP contribution in [0.3, 0.4) is 0 Å². The Labute approximate surface area is 228 Å². The van der Waals surface area contributed by atoms with Crippen LogP contribution < -0.4 is 4.76 Å². The van der Waals surface area contributed by atoms with E-state index < -0.39 is 82.1 Å². The first-order chi connectivity index (χ1) is 19.6. The number of hydrogen-bond donors (Lipinski definition) is 0. The molecular weight excluding hydrogens is 588 g/mol. The van der Waals surface area contributed by atoms with Crippen molar-refractivity contribution in [2.45, 2.75) is 32.0 Å². The zero-order chi connectivity index (χ0) is 30.6. The minimum Gasteiger partial charge on any atom is -0.329 e. The highest BCUT2D eigenvalue weighted by atomic mass is 19.4. The standard InChI is InChI=1S/C24H15F8N6O4/c25-15-5-4-12(8-14(15)20(40)36-6-7-37-18(10-36)34-35-21(37)23(27,28)29)11-38(42-22(41)24(30,31)32)19-13(17(39)9-33-38)2-1-3-16(19)26/h1-5,8-9H,6-7,10-11H2/q+1. The summed E-state index contributed by atoms with van der Waals surface area (Å²) in [6.07, 6.45) is -9.83. The van der Waals surface area contributed by atoms with Crippen molar-refractivity contribution >= 4 is 29.6 Å². The van der Waals surface area contributed by atoms with Crippen molar-refractivity contribution in [3.05, 3.63) is 76.4 Å². The molecule has 0 N–H and O–H groups in total. The van der Waals surface area contributed by atoms with E-state index in [1.807, 2.05) is 0 Å². The SMILES string of the molecule is O=C1C=N[N+](Cc2ccc(F)c(C(=O)N3CCn4c(nnc4C(F)(F)F)C3)c2)(OC(=O)C(F)(F)F)c2c(F)cccc21. The number of ketones is 1. The van der Waals surface area contributed by atoms with Gasteiger partial charge in [0, 0.05) is 23.4 Å². The fourth-order valence-electron chi connectivity index (χ4n) is 4.55. The summed E-state index contributed by atoms with van der Waals surface area (Å²) in [4.78, 5) is 43.0. The molecule has 1 aromatic heterocycles.